The van der Waals surface area contributed by atoms with E-state index in [2.05, 4.69) is 0 Å². The average Bonchev–Trinajstić information content (AvgIpc) is 2.79. The fourth-order valence-electron chi connectivity index (χ4n) is 5.13. The van der Waals surface area contributed by atoms with Crippen LogP contribution in [0, 0.1) is 6.92 Å². The molecule has 11 nitrogen and oxygen atoms in total. The highest BCUT2D eigenvalue weighted by Gasteiger charge is 2.46. The maximum atomic E-state index is 13.4. The van der Waals surface area contributed by atoms with E-state index in [9.17, 15) is 50.1 Å². The minimum atomic E-state index is -1.83. The van der Waals surface area contributed by atoms with Gasteiger partial charge in [0.25, 0.3) is 0 Å². The van der Waals surface area contributed by atoms with Gasteiger partial charge in [0.1, 0.15) is 46.5 Å². The van der Waals surface area contributed by atoms with Crippen LogP contribution in [0.2, 0.25) is 0 Å². The highest BCUT2D eigenvalue weighted by molar-refractivity contribution is 6.32. The van der Waals surface area contributed by atoms with Crippen LogP contribution in [-0.4, -0.2) is 60.4 Å². The summed E-state index contributed by atoms with van der Waals surface area (Å²) in [6.07, 6.45) is -3.57. The molecule has 7 N–H and O–H groups in total. The van der Waals surface area contributed by atoms with Gasteiger partial charge in [0.2, 0.25) is 5.78 Å². The Hall–Kier alpha value is -4.61. The third-order valence-electron chi connectivity index (χ3n) is 6.60. The number of ketones is 2. The van der Waals surface area contributed by atoms with Gasteiger partial charge < -0.3 is 40.5 Å². The van der Waals surface area contributed by atoms with E-state index in [1.54, 1.807) is 0 Å². The summed E-state index contributed by atoms with van der Waals surface area (Å²) in [6.45, 7) is 1.36. The van der Waals surface area contributed by atoms with Crippen LogP contribution >= 0.6 is 0 Å². The molecule has 0 fully saturated rings. The van der Waals surface area contributed by atoms with Gasteiger partial charge in [0, 0.05) is 28.3 Å². The number of hydrogen-bond donors (Lipinski definition) is 7. The summed E-state index contributed by atoms with van der Waals surface area (Å²) in [5.74, 6) is -6.87. The van der Waals surface area contributed by atoms with Crippen LogP contribution in [0.15, 0.2) is 18.2 Å². The van der Waals surface area contributed by atoms with Crippen molar-refractivity contribution in [2.75, 3.05) is 7.11 Å². The van der Waals surface area contributed by atoms with Crippen LogP contribution < -0.4 is 4.74 Å². The lowest BCUT2D eigenvalue weighted by molar-refractivity contribution is 0.0139. The van der Waals surface area contributed by atoms with Crippen molar-refractivity contribution in [3.05, 3.63) is 62.7 Å². The van der Waals surface area contributed by atoms with Crippen LogP contribution in [-0.2, 0) is 0 Å². The lowest BCUT2D eigenvalue weighted by Crippen LogP contribution is -2.26. The zero-order valence-corrected chi connectivity index (χ0v) is 18.7. The molecule has 3 aromatic carbocycles. The second-order valence-electron chi connectivity index (χ2n) is 8.54. The number of aromatic hydroxyl groups is 4. The number of phenols is 4. The third-order valence-corrected chi connectivity index (χ3v) is 6.60. The molecule has 2 aliphatic carbocycles. The monoisotopic (exact) mass is 494 g/mol. The Kier molecular flexibility index (Phi) is 4.79. The van der Waals surface area contributed by atoms with E-state index in [4.69, 9.17) is 4.74 Å². The number of carbonyl (C=O) groups is 3. The maximum Gasteiger partial charge on any atom is 0.339 e. The summed E-state index contributed by atoms with van der Waals surface area (Å²) in [5, 5.41) is 73.9. The zero-order valence-electron chi connectivity index (χ0n) is 18.7. The molecule has 0 radical (unpaired) electrons. The first-order chi connectivity index (χ1) is 16.9. The molecule has 0 aromatic heterocycles. The number of phenolic OH excluding ortho intramolecular Hbond substituents is 3. The molecule has 36 heavy (non-hydrogen) atoms. The minimum absolute atomic E-state index is 0.0593. The predicted molar refractivity (Wildman–Crippen MR) is 120 cm³/mol. The number of aromatic carboxylic acids is 1. The summed E-state index contributed by atoms with van der Waals surface area (Å²) < 4.78 is 5.35. The molecule has 3 aromatic rings. The summed E-state index contributed by atoms with van der Waals surface area (Å²) in [7, 11) is 1.10. The summed E-state index contributed by atoms with van der Waals surface area (Å²) in [6, 6.07) is 3.00. The SMILES string of the molecule is COc1c2c(c(O)c3c1[C@H](O)[C@@H](O)c1cc(C)c(C(=O)O)c(O)c1-3)C(=O)c1cc(O)cc(O)c1C2=O. The van der Waals surface area contributed by atoms with Crippen LogP contribution in [0.25, 0.3) is 11.1 Å². The number of carbonyl (C=O) groups excluding carboxylic acids is 2. The summed E-state index contributed by atoms with van der Waals surface area (Å²) in [4.78, 5) is 38.7. The lowest BCUT2D eigenvalue weighted by Gasteiger charge is -2.34. The van der Waals surface area contributed by atoms with Gasteiger partial charge in [0.15, 0.2) is 5.78 Å². The Labute approximate surface area is 201 Å². The molecular formula is C25H18O11. The first-order valence-electron chi connectivity index (χ1n) is 10.5. The molecule has 0 bridgehead atoms. The normalized spacial score (nSPS) is 17.7. The number of carboxylic acid groups (broad SMARTS) is 1. The molecule has 0 unspecified atom stereocenters. The van der Waals surface area contributed by atoms with Gasteiger partial charge in [-0.05, 0) is 24.1 Å². The van der Waals surface area contributed by atoms with Crippen molar-refractivity contribution in [2.24, 2.45) is 0 Å². The number of ether oxygens (including phenoxy) is 1. The number of aliphatic hydroxyl groups excluding tert-OH is 2. The van der Waals surface area contributed by atoms with Crippen molar-refractivity contribution in [1.29, 1.82) is 0 Å². The van der Waals surface area contributed by atoms with Gasteiger partial charge in [-0.15, -0.1) is 0 Å². The molecule has 5 rings (SSSR count). The second kappa shape index (κ2) is 7.44. The lowest BCUT2D eigenvalue weighted by atomic mass is 9.73. The Morgan fingerprint density at radius 1 is 0.833 bits per heavy atom. The summed E-state index contributed by atoms with van der Waals surface area (Å²) >= 11 is 0. The molecule has 0 saturated heterocycles. The number of hydrogen-bond acceptors (Lipinski definition) is 10. The Bertz CT molecular complexity index is 1570. The molecular weight excluding hydrogens is 476 g/mol. The van der Waals surface area contributed by atoms with E-state index in [0.717, 1.165) is 19.2 Å². The first-order valence-corrected chi connectivity index (χ1v) is 10.5. The number of aryl methyl sites for hydroxylation is 1. The average molecular weight is 494 g/mol. The Balaban J connectivity index is 1.97. The van der Waals surface area contributed by atoms with Gasteiger partial charge >= 0.3 is 5.97 Å². The van der Waals surface area contributed by atoms with Crippen molar-refractivity contribution in [1.82, 2.24) is 0 Å². The molecule has 11 heteroatoms. The first kappa shape index (κ1) is 23.1. The number of carboxylic acids is 1. The van der Waals surface area contributed by atoms with E-state index >= 15 is 0 Å². The van der Waals surface area contributed by atoms with E-state index in [1.807, 2.05) is 0 Å². The van der Waals surface area contributed by atoms with Crippen LogP contribution in [0.1, 0.15) is 71.1 Å². The molecule has 0 saturated carbocycles. The van der Waals surface area contributed by atoms with Gasteiger partial charge in [-0.2, -0.15) is 0 Å². The molecule has 2 aliphatic rings. The number of benzene rings is 3. The van der Waals surface area contributed by atoms with Gasteiger partial charge in [-0.25, -0.2) is 4.79 Å². The van der Waals surface area contributed by atoms with E-state index in [0.29, 0.717) is 0 Å². The van der Waals surface area contributed by atoms with Crippen molar-refractivity contribution in [3.63, 3.8) is 0 Å². The van der Waals surface area contributed by atoms with Crippen molar-refractivity contribution < 1.29 is 54.9 Å². The second-order valence-corrected chi connectivity index (χ2v) is 8.54. The Morgan fingerprint density at radius 3 is 2.11 bits per heavy atom. The maximum absolute atomic E-state index is 13.4. The van der Waals surface area contributed by atoms with Crippen LogP contribution in [0.4, 0.5) is 0 Å². The number of rotatable bonds is 2. The quantitative estimate of drug-likeness (QED) is 0.215. The number of methoxy groups -OCH3 is 1. The van der Waals surface area contributed by atoms with Gasteiger partial charge in [-0.1, -0.05) is 6.07 Å². The highest BCUT2D eigenvalue weighted by Crippen LogP contribution is 2.58. The minimum Gasteiger partial charge on any atom is -0.508 e. The fourth-order valence-corrected chi connectivity index (χ4v) is 5.13. The molecule has 0 amide bonds. The molecule has 0 heterocycles. The van der Waals surface area contributed by atoms with Crippen molar-refractivity contribution >= 4 is 17.5 Å². The number of fused-ring (bicyclic) bond motifs is 5. The van der Waals surface area contributed by atoms with Gasteiger partial charge in [0.05, 0.1) is 23.8 Å². The van der Waals surface area contributed by atoms with E-state index in [-0.39, 0.29) is 22.3 Å². The van der Waals surface area contributed by atoms with E-state index in [1.165, 1.54) is 13.0 Å². The van der Waals surface area contributed by atoms with Crippen molar-refractivity contribution in [3.8, 4) is 39.9 Å². The number of aliphatic hydroxyl groups is 2. The Morgan fingerprint density at radius 2 is 1.50 bits per heavy atom. The molecule has 2 atom stereocenters. The largest absolute Gasteiger partial charge is 0.508 e. The smallest absolute Gasteiger partial charge is 0.339 e. The third kappa shape index (κ3) is 2.72. The van der Waals surface area contributed by atoms with E-state index < -0.39 is 91.9 Å². The zero-order chi connectivity index (χ0) is 26.4. The summed E-state index contributed by atoms with van der Waals surface area (Å²) in [5.41, 5.74) is -3.78. The topological polar surface area (TPSA) is 202 Å². The van der Waals surface area contributed by atoms with Crippen molar-refractivity contribution in [2.45, 2.75) is 19.1 Å². The van der Waals surface area contributed by atoms with Crippen LogP contribution in [0.3, 0.4) is 0 Å². The molecule has 0 aliphatic heterocycles. The highest BCUT2D eigenvalue weighted by atomic mass is 16.5. The van der Waals surface area contributed by atoms with Gasteiger partial charge in [-0.3, -0.25) is 9.59 Å². The predicted octanol–water partition coefficient (Wildman–Crippen LogP) is 2.05. The van der Waals surface area contributed by atoms with Crippen LogP contribution in [0.5, 0.6) is 28.7 Å². The fraction of sp³-hybridized carbons (Fsp3) is 0.160. The standard InChI is InChI=1S/C25H18O11/c1-6-3-8-13(20(30)11(6)25(34)35)14-16(23(33)19(8)29)24(36-2)17-15(22(14)32)18(28)9-4-7(26)5-10(27)12(9)21(17)31/h3-5,19,23,26-27,29-30,32-33H,1-2H3,(H,34,35)/t19-,23-/m0/s1. The molecule has 184 valence electrons. The molecule has 0 spiro atoms.